The first-order chi connectivity index (χ1) is 6.69. The van der Waals surface area contributed by atoms with Crippen LogP contribution in [0.2, 0.25) is 0 Å². The predicted molar refractivity (Wildman–Crippen MR) is 58.0 cm³/mol. The molecule has 0 bridgehead atoms. The molecule has 0 aromatic carbocycles. The van der Waals surface area contributed by atoms with Crippen LogP contribution in [0.5, 0.6) is 0 Å². The quantitative estimate of drug-likeness (QED) is 0.624. The van der Waals surface area contributed by atoms with Crippen molar-refractivity contribution >= 4 is 0 Å². The second-order valence-corrected chi connectivity index (χ2v) is 5.51. The summed E-state index contributed by atoms with van der Waals surface area (Å²) in [6.45, 7) is 11.3. The van der Waals surface area contributed by atoms with Crippen LogP contribution in [0, 0.1) is 5.41 Å². The summed E-state index contributed by atoms with van der Waals surface area (Å²) in [4.78, 5) is 5.18. The van der Waals surface area contributed by atoms with Gasteiger partial charge in [0, 0.05) is 37.9 Å². The minimum absolute atomic E-state index is 0.774. The Kier molecular flexibility index (Phi) is 1.73. The highest BCUT2D eigenvalue weighted by atomic mass is 15.3. The summed E-state index contributed by atoms with van der Waals surface area (Å²) >= 11 is 0. The van der Waals surface area contributed by atoms with Gasteiger partial charge in [-0.15, -0.1) is 0 Å². The lowest BCUT2D eigenvalue weighted by atomic mass is 10.0. The molecule has 0 N–H and O–H groups in total. The molecule has 1 unspecified atom stereocenters. The maximum Gasteiger partial charge on any atom is 0.0331 e. The van der Waals surface area contributed by atoms with E-state index in [9.17, 15) is 0 Å². The molecule has 2 heterocycles. The molecule has 78 valence electrons. The molecule has 1 spiro atoms. The highest BCUT2D eigenvalue weighted by molar-refractivity contribution is 5.08. The van der Waals surface area contributed by atoms with Crippen LogP contribution in [-0.2, 0) is 0 Å². The summed E-state index contributed by atoms with van der Waals surface area (Å²) in [6, 6.07) is 0.836. The van der Waals surface area contributed by atoms with Crippen LogP contribution in [0.15, 0.2) is 12.3 Å². The summed E-state index contributed by atoms with van der Waals surface area (Å²) < 4.78 is 0. The Morgan fingerprint density at radius 1 is 1.36 bits per heavy atom. The highest BCUT2D eigenvalue weighted by Crippen LogP contribution is 2.55. The molecule has 2 aliphatic heterocycles. The number of fused-ring (bicyclic) bond motifs is 1. The van der Waals surface area contributed by atoms with E-state index in [0.717, 1.165) is 11.5 Å². The zero-order valence-corrected chi connectivity index (χ0v) is 9.13. The molecule has 14 heavy (non-hydrogen) atoms. The molecule has 0 aromatic heterocycles. The van der Waals surface area contributed by atoms with Crippen molar-refractivity contribution in [3.63, 3.8) is 0 Å². The molecule has 2 heteroatoms. The van der Waals surface area contributed by atoms with Crippen LogP contribution in [0.25, 0.3) is 0 Å². The van der Waals surface area contributed by atoms with E-state index in [0.29, 0.717) is 0 Å². The topological polar surface area (TPSA) is 6.48 Å². The minimum atomic E-state index is 0.774. The van der Waals surface area contributed by atoms with Crippen molar-refractivity contribution in [2.45, 2.75) is 32.2 Å². The lowest BCUT2D eigenvalue weighted by Gasteiger charge is -2.38. The second-order valence-electron chi connectivity index (χ2n) is 5.51. The monoisotopic (exact) mass is 192 g/mol. The van der Waals surface area contributed by atoms with Crippen molar-refractivity contribution in [2.75, 3.05) is 26.2 Å². The van der Waals surface area contributed by atoms with Crippen molar-refractivity contribution in [2.24, 2.45) is 5.41 Å². The van der Waals surface area contributed by atoms with Crippen LogP contribution in [-0.4, -0.2) is 42.0 Å². The maximum atomic E-state index is 4.05. The standard InChI is InChI=1S/C12H20N2/c1-10(2)13-5-6-14-9-12(3-4-12)7-11(14)8-13/h11H,1,3-9H2,2H3. The third kappa shape index (κ3) is 1.28. The van der Waals surface area contributed by atoms with Crippen molar-refractivity contribution in [3.05, 3.63) is 12.3 Å². The molecule has 3 aliphatic rings. The highest BCUT2D eigenvalue weighted by Gasteiger charge is 2.52. The minimum Gasteiger partial charge on any atom is -0.373 e. The molecule has 1 aliphatic carbocycles. The lowest BCUT2D eigenvalue weighted by Crippen LogP contribution is -2.49. The van der Waals surface area contributed by atoms with Gasteiger partial charge >= 0.3 is 0 Å². The molecule has 0 aromatic rings. The fraction of sp³-hybridized carbons (Fsp3) is 0.833. The van der Waals surface area contributed by atoms with Crippen LogP contribution in [0.3, 0.4) is 0 Å². The van der Waals surface area contributed by atoms with Crippen LogP contribution < -0.4 is 0 Å². The third-order valence-corrected chi connectivity index (χ3v) is 4.31. The molecule has 2 saturated heterocycles. The van der Waals surface area contributed by atoms with Gasteiger partial charge in [-0.05, 0) is 31.6 Å². The van der Waals surface area contributed by atoms with E-state index in [2.05, 4.69) is 23.3 Å². The van der Waals surface area contributed by atoms with Gasteiger partial charge in [-0.25, -0.2) is 0 Å². The molecule has 0 amide bonds. The number of piperazine rings is 1. The van der Waals surface area contributed by atoms with E-state index in [-0.39, 0.29) is 0 Å². The summed E-state index contributed by atoms with van der Waals surface area (Å²) in [5, 5.41) is 0. The Labute approximate surface area is 86.6 Å². The molecule has 1 saturated carbocycles. The van der Waals surface area contributed by atoms with Gasteiger partial charge < -0.3 is 4.90 Å². The predicted octanol–water partition coefficient (Wildman–Crippen LogP) is 1.69. The Morgan fingerprint density at radius 2 is 2.14 bits per heavy atom. The zero-order valence-electron chi connectivity index (χ0n) is 9.13. The van der Waals surface area contributed by atoms with Gasteiger partial charge in [0.05, 0.1) is 0 Å². The van der Waals surface area contributed by atoms with E-state index >= 15 is 0 Å². The number of rotatable bonds is 1. The molecule has 0 radical (unpaired) electrons. The number of allylic oxidation sites excluding steroid dienone is 1. The summed E-state index contributed by atoms with van der Waals surface area (Å²) in [5.41, 5.74) is 2.02. The fourth-order valence-corrected chi connectivity index (χ4v) is 3.18. The molecular weight excluding hydrogens is 172 g/mol. The Balaban J connectivity index is 1.69. The summed E-state index contributed by atoms with van der Waals surface area (Å²) in [7, 11) is 0. The van der Waals surface area contributed by atoms with E-state index in [1.807, 2.05) is 0 Å². The van der Waals surface area contributed by atoms with E-state index < -0.39 is 0 Å². The van der Waals surface area contributed by atoms with Crippen LogP contribution >= 0.6 is 0 Å². The van der Waals surface area contributed by atoms with Crippen molar-refractivity contribution in [3.8, 4) is 0 Å². The summed E-state index contributed by atoms with van der Waals surface area (Å²) in [5.74, 6) is 0. The first-order valence-electron chi connectivity index (χ1n) is 5.83. The largest absolute Gasteiger partial charge is 0.373 e. The van der Waals surface area contributed by atoms with Crippen molar-refractivity contribution < 1.29 is 0 Å². The SMILES string of the molecule is C=C(C)N1CCN2CC3(CC3)CC2C1. The normalized spacial score (nSPS) is 34.6. The first-order valence-corrected chi connectivity index (χ1v) is 5.83. The van der Waals surface area contributed by atoms with Gasteiger partial charge in [0.1, 0.15) is 0 Å². The fourth-order valence-electron chi connectivity index (χ4n) is 3.18. The van der Waals surface area contributed by atoms with Crippen molar-refractivity contribution in [1.82, 2.24) is 9.80 Å². The average molecular weight is 192 g/mol. The third-order valence-electron chi connectivity index (χ3n) is 4.31. The van der Waals surface area contributed by atoms with Gasteiger partial charge in [0.15, 0.2) is 0 Å². The molecule has 3 rings (SSSR count). The Hall–Kier alpha value is -0.500. The maximum absolute atomic E-state index is 4.05. The lowest BCUT2D eigenvalue weighted by molar-refractivity contribution is 0.129. The number of nitrogens with zero attached hydrogens (tertiary/aromatic N) is 2. The molecular formula is C12H20N2. The second kappa shape index (κ2) is 2.75. The molecule has 2 nitrogen and oxygen atoms in total. The smallest absolute Gasteiger partial charge is 0.0331 e. The van der Waals surface area contributed by atoms with Crippen LogP contribution in [0.1, 0.15) is 26.2 Å². The van der Waals surface area contributed by atoms with Crippen molar-refractivity contribution in [1.29, 1.82) is 0 Å². The molecule has 3 fully saturated rings. The van der Waals surface area contributed by atoms with Gasteiger partial charge in [-0.2, -0.15) is 0 Å². The summed E-state index contributed by atoms with van der Waals surface area (Å²) in [6.07, 6.45) is 4.44. The van der Waals surface area contributed by atoms with E-state index in [1.165, 1.54) is 51.1 Å². The van der Waals surface area contributed by atoms with E-state index in [1.54, 1.807) is 0 Å². The van der Waals surface area contributed by atoms with Gasteiger partial charge in [0.25, 0.3) is 0 Å². The van der Waals surface area contributed by atoms with Gasteiger partial charge in [-0.3, -0.25) is 4.90 Å². The van der Waals surface area contributed by atoms with E-state index in [4.69, 9.17) is 0 Å². The Bertz CT molecular complexity index is 267. The first kappa shape index (κ1) is 8.78. The van der Waals surface area contributed by atoms with Gasteiger partial charge in [0.2, 0.25) is 0 Å². The average Bonchev–Trinajstić information content (AvgIpc) is 2.79. The molecule has 1 atom stereocenters. The van der Waals surface area contributed by atoms with Gasteiger partial charge in [-0.1, -0.05) is 6.58 Å². The van der Waals surface area contributed by atoms with Crippen LogP contribution in [0.4, 0.5) is 0 Å². The number of hydrogen-bond donors (Lipinski definition) is 0. The number of hydrogen-bond acceptors (Lipinski definition) is 2. The Morgan fingerprint density at radius 3 is 2.79 bits per heavy atom. The zero-order chi connectivity index (χ0) is 9.76.